The molecule has 6 nitrogen and oxygen atoms in total. The SMILES string of the molecule is Cc1nc(NCc2c(F)cccc2F)nc(NC2CCC(C(C)(C)O)C2)c1-c1nc2ccccc2s1. The number of halogens is 2. The van der Waals surface area contributed by atoms with Gasteiger partial charge in [0, 0.05) is 18.2 Å². The Morgan fingerprint density at radius 2 is 1.78 bits per heavy atom. The van der Waals surface area contributed by atoms with Gasteiger partial charge in [-0.3, -0.25) is 0 Å². The number of thiazole rings is 1. The predicted molar refractivity (Wildman–Crippen MR) is 140 cm³/mol. The molecule has 1 aliphatic carbocycles. The highest BCUT2D eigenvalue weighted by atomic mass is 32.1. The second-order valence-electron chi connectivity index (χ2n) is 9.90. The number of rotatable bonds is 7. The summed E-state index contributed by atoms with van der Waals surface area (Å²) >= 11 is 1.57. The van der Waals surface area contributed by atoms with Crippen LogP contribution in [0.4, 0.5) is 20.5 Å². The van der Waals surface area contributed by atoms with Crippen molar-refractivity contribution < 1.29 is 13.9 Å². The fourth-order valence-corrected chi connectivity index (χ4v) is 5.87. The van der Waals surface area contributed by atoms with Crippen molar-refractivity contribution >= 4 is 33.3 Å². The van der Waals surface area contributed by atoms with Crippen LogP contribution in [0.5, 0.6) is 0 Å². The van der Waals surface area contributed by atoms with E-state index in [-0.39, 0.29) is 30.0 Å². The lowest BCUT2D eigenvalue weighted by Crippen LogP contribution is -2.30. The molecule has 0 spiro atoms. The Morgan fingerprint density at radius 3 is 2.47 bits per heavy atom. The Balaban J connectivity index is 1.49. The number of nitrogens with zero attached hydrogens (tertiary/aromatic N) is 3. The molecule has 1 fully saturated rings. The van der Waals surface area contributed by atoms with Crippen LogP contribution in [0.25, 0.3) is 20.8 Å². The molecule has 36 heavy (non-hydrogen) atoms. The summed E-state index contributed by atoms with van der Waals surface area (Å²) in [5, 5.41) is 17.9. The van der Waals surface area contributed by atoms with E-state index >= 15 is 0 Å². The average molecular weight is 510 g/mol. The standard InChI is InChI=1S/C27H29F2N5OS/c1-15-23(25-33-21-9-4-5-10-22(21)36-25)24(32-17-12-11-16(13-17)27(2,3)35)34-26(31-15)30-14-18-19(28)7-6-8-20(18)29/h4-10,16-17,35H,11-14H2,1-3H3,(H2,30,31,32,34). The number of benzene rings is 2. The third kappa shape index (κ3) is 5.03. The monoisotopic (exact) mass is 509 g/mol. The first-order valence-electron chi connectivity index (χ1n) is 12.1. The Labute approximate surface area is 212 Å². The van der Waals surface area contributed by atoms with Crippen LogP contribution in [0.3, 0.4) is 0 Å². The van der Waals surface area contributed by atoms with Crippen LogP contribution < -0.4 is 10.6 Å². The summed E-state index contributed by atoms with van der Waals surface area (Å²) in [5.41, 5.74) is 1.62. The van der Waals surface area contributed by atoms with Crippen molar-refractivity contribution in [3.8, 4) is 10.6 Å². The van der Waals surface area contributed by atoms with E-state index in [0.29, 0.717) is 11.5 Å². The second kappa shape index (κ2) is 9.71. The van der Waals surface area contributed by atoms with Gasteiger partial charge in [0.05, 0.1) is 27.1 Å². The number of para-hydroxylation sites is 1. The fourth-order valence-electron chi connectivity index (χ4n) is 4.81. The lowest BCUT2D eigenvalue weighted by atomic mass is 9.89. The molecule has 9 heteroatoms. The molecular weight excluding hydrogens is 480 g/mol. The maximum atomic E-state index is 14.1. The molecule has 2 aromatic carbocycles. The minimum atomic E-state index is -0.746. The Bertz CT molecular complexity index is 1350. The van der Waals surface area contributed by atoms with Gasteiger partial charge in [-0.1, -0.05) is 18.2 Å². The van der Waals surface area contributed by atoms with Gasteiger partial charge in [-0.2, -0.15) is 4.98 Å². The third-order valence-corrected chi connectivity index (χ3v) is 7.91. The van der Waals surface area contributed by atoms with E-state index in [4.69, 9.17) is 9.97 Å². The van der Waals surface area contributed by atoms with Crippen LogP contribution >= 0.6 is 11.3 Å². The molecule has 0 amide bonds. The number of aromatic nitrogens is 3. The fraction of sp³-hybridized carbons (Fsp3) is 0.370. The summed E-state index contributed by atoms with van der Waals surface area (Å²) in [6, 6.07) is 11.9. The minimum absolute atomic E-state index is 0.0627. The largest absolute Gasteiger partial charge is 0.390 e. The first-order chi connectivity index (χ1) is 17.2. The van der Waals surface area contributed by atoms with Gasteiger partial charge >= 0.3 is 0 Å². The van der Waals surface area contributed by atoms with Crippen LogP contribution in [0.15, 0.2) is 42.5 Å². The average Bonchev–Trinajstić information content (AvgIpc) is 3.45. The van der Waals surface area contributed by atoms with Crippen molar-refractivity contribution in [1.82, 2.24) is 15.0 Å². The minimum Gasteiger partial charge on any atom is -0.390 e. The number of aryl methyl sites for hydroxylation is 1. The number of aliphatic hydroxyl groups is 1. The van der Waals surface area contributed by atoms with E-state index in [9.17, 15) is 13.9 Å². The number of fused-ring (bicyclic) bond motifs is 1. The van der Waals surface area contributed by atoms with Crippen molar-refractivity contribution in [3.05, 3.63) is 65.4 Å². The topological polar surface area (TPSA) is 83.0 Å². The third-order valence-electron chi connectivity index (χ3n) is 6.86. The summed E-state index contributed by atoms with van der Waals surface area (Å²) < 4.78 is 29.4. The van der Waals surface area contributed by atoms with E-state index in [1.165, 1.54) is 18.2 Å². The highest BCUT2D eigenvalue weighted by Crippen LogP contribution is 2.39. The van der Waals surface area contributed by atoms with E-state index in [1.807, 2.05) is 45.0 Å². The number of hydrogen-bond acceptors (Lipinski definition) is 7. The maximum absolute atomic E-state index is 14.1. The highest BCUT2D eigenvalue weighted by Gasteiger charge is 2.35. The van der Waals surface area contributed by atoms with Crippen molar-refractivity contribution in [1.29, 1.82) is 0 Å². The molecular formula is C27H29F2N5OS. The zero-order chi connectivity index (χ0) is 25.4. The molecule has 0 bridgehead atoms. The Kier molecular flexibility index (Phi) is 6.61. The quantitative estimate of drug-likeness (QED) is 0.271. The first kappa shape index (κ1) is 24.5. The van der Waals surface area contributed by atoms with Crippen LogP contribution in [-0.4, -0.2) is 31.7 Å². The van der Waals surface area contributed by atoms with Crippen LogP contribution in [0.1, 0.15) is 44.4 Å². The molecule has 188 valence electrons. The molecule has 5 rings (SSSR count). The van der Waals surface area contributed by atoms with Crippen LogP contribution in [-0.2, 0) is 6.54 Å². The van der Waals surface area contributed by atoms with Gasteiger partial charge in [-0.15, -0.1) is 11.3 Å². The smallest absolute Gasteiger partial charge is 0.225 e. The molecule has 0 aliphatic heterocycles. The summed E-state index contributed by atoms with van der Waals surface area (Å²) in [7, 11) is 0. The van der Waals surface area contributed by atoms with Gasteiger partial charge in [0.1, 0.15) is 22.5 Å². The predicted octanol–water partition coefficient (Wildman–Crippen LogP) is 6.30. The van der Waals surface area contributed by atoms with Crippen molar-refractivity contribution in [2.24, 2.45) is 5.92 Å². The first-order valence-corrected chi connectivity index (χ1v) is 12.9. The normalized spacial score (nSPS) is 18.1. The summed E-state index contributed by atoms with van der Waals surface area (Å²) in [6.45, 7) is 5.51. The summed E-state index contributed by atoms with van der Waals surface area (Å²) in [4.78, 5) is 14.2. The molecule has 1 aliphatic rings. The molecule has 2 heterocycles. The molecule has 4 aromatic rings. The van der Waals surface area contributed by atoms with Gasteiger partial charge in [-0.05, 0) is 70.2 Å². The molecule has 1 saturated carbocycles. The maximum Gasteiger partial charge on any atom is 0.225 e. The number of hydrogen-bond donors (Lipinski definition) is 3. The molecule has 2 unspecified atom stereocenters. The Morgan fingerprint density at radius 1 is 1.03 bits per heavy atom. The highest BCUT2D eigenvalue weighted by molar-refractivity contribution is 7.21. The number of anilines is 2. The van der Waals surface area contributed by atoms with Crippen LogP contribution in [0, 0.1) is 24.5 Å². The molecule has 2 atom stereocenters. The lowest BCUT2D eigenvalue weighted by molar-refractivity contribution is 0.0197. The van der Waals surface area contributed by atoms with Gasteiger partial charge in [0.25, 0.3) is 0 Å². The molecule has 0 radical (unpaired) electrons. The number of nitrogens with one attached hydrogen (secondary N) is 2. The van der Waals surface area contributed by atoms with Crippen molar-refractivity contribution in [2.75, 3.05) is 10.6 Å². The summed E-state index contributed by atoms with van der Waals surface area (Å²) in [5.74, 6) is -0.149. The van der Waals surface area contributed by atoms with E-state index in [1.54, 1.807) is 11.3 Å². The molecule has 3 N–H and O–H groups in total. The summed E-state index contributed by atoms with van der Waals surface area (Å²) in [6.07, 6.45) is 2.63. The van der Waals surface area contributed by atoms with Crippen molar-refractivity contribution in [3.63, 3.8) is 0 Å². The van der Waals surface area contributed by atoms with Gasteiger partial charge < -0.3 is 15.7 Å². The van der Waals surface area contributed by atoms with Crippen LogP contribution in [0.2, 0.25) is 0 Å². The second-order valence-corrected chi connectivity index (χ2v) is 10.9. The zero-order valence-electron chi connectivity index (χ0n) is 20.5. The zero-order valence-corrected chi connectivity index (χ0v) is 21.3. The van der Waals surface area contributed by atoms with Crippen molar-refractivity contribution in [2.45, 2.75) is 58.2 Å². The Hall–Kier alpha value is -3.17. The van der Waals surface area contributed by atoms with Gasteiger partial charge in [0.2, 0.25) is 5.95 Å². The molecule has 0 saturated heterocycles. The lowest BCUT2D eigenvalue weighted by Gasteiger charge is -2.25. The van der Waals surface area contributed by atoms with E-state index in [2.05, 4.69) is 15.6 Å². The van der Waals surface area contributed by atoms with E-state index < -0.39 is 17.2 Å². The molecule has 2 aromatic heterocycles. The van der Waals surface area contributed by atoms with E-state index in [0.717, 1.165) is 40.1 Å². The van der Waals surface area contributed by atoms with Gasteiger partial charge in [0.15, 0.2) is 0 Å². The van der Waals surface area contributed by atoms with Gasteiger partial charge in [-0.25, -0.2) is 18.7 Å².